The number of hydrogen-bond acceptors (Lipinski definition) is 6. The fourth-order valence-electron chi connectivity index (χ4n) is 4.33. The van der Waals surface area contributed by atoms with Crippen molar-refractivity contribution in [1.29, 1.82) is 5.41 Å². The first-order valence-electron chi connectivity index (χ1n) is 12.6. The van der Waals surface area contributed by atoms with Crippen LogP contribution < -0.4 is 16.8 Å². The Morgan fingerprint density at radius 1 is 1.13 bits per heavy atom. The van der Waals surface area contributed by atoms with E-state index in [1.165, 1.54) is 16.9 Å². The number of aliphatic hydroxyl groups excluding tert-OH is 1. The highest BCUT2D eigenvalue weighted by atomic mass is 32.1. The number of nitrogens with two attached hydrogens (primary N) is 2. The smallest absolute Gasteiger partial charge is 0.243 e. The van der Waals surface area contributed by atoms with E-state index in [0.717, 1.165) is 39.9 Å². The zero-order chi connectivity index (χ0) is 28.8. The lowest BCUT2D eigenvalue weighted by molar-refractivity contribution is -0.138. The number of carbonyl (C=O) groups excluding carboxylic acids is 3. The van der Waals surface area contributed by atoms with Crippen LogP contribution in [0.4, 0.5) is 0 Å². The Balaban J connectivity index is 0.000000815. The van der Waals surface area contributed by atoms with Gasteiger partial charge in [0.15, 0.2) is 0 Å². The number of nitrogens with zero attached hydrogens (tertiary/aromatic N) is 1. The average molecular weight is 552 g/mol. The summed E-state index contributed by atoms with van der Waals surface area (Å²) in [6.45, 7) is 4.46. The first-order valence-corrected chi connectivity index (χ1v) is 13.4. The Bertz CT molecular complexity index is 1220. The number of aliphatic hydroxyl groups is 1. The normalized spacial score (nSPS) is 14.6. The predicted octanol–water partition coefficient (Wildman–Crippen LogP) is 3.07. The number of benzene rings is 2. The van der Waals surface area contributed by atoms with Crippen LogP contribution in [0.25, 0.3) is 11.1 Å². The maximum atomic E-state index is 13.1. The number of rotatable bonds is 7. The maximum Gasteiger partial charge on any atom is 0.243 e. The molecule has 1 aromatic heterocycles. The van der Waals surface area contributed by atoms with Gasteiger partial charge in [-0.15, -0.1) is 11.3 Å². The third-order valence-corrected chi connectivity index (χ3v) is 7.30. The summed E-state index contributed by atoms with van der Waals surface area (Å²) in [6, 6.07) is 17.4. The van der Waals surface area contributed by atoms with Gasteiger partial charge in [-0.25, -0.2) is 0 Å². The quantitative estimate of drug-likeness (QED) is 0.173. The summed E-state index contributed by atoms with van der Waals surface area (Å²) >= 11 is 1.52. The van der Waals surface area contributed by atoms with E-state index < -0.39 is 12.1 Å². The number of likely N-dealkylation sites (tertiary alicyclic amines) is 1. The zero-order valence-electron chi connectivity index (χ0n) is 22.3. The van der Waals surface area contributed by atoms with Gasteiger partial charge in [-0.05, 0) is 60.4 Å². The summed E-state index contributed by atoms with van der Waals surface area (Å²) in [4.78, 5) is 37.4. The van der Waals surface area contributed by atoms with Crippen molar-refractivity contribution in [2.24, 2.45) is 11.5 Å². The van der Waals surface area contributed by atoms with E-state index in [1.54, 1.807) is 4.90 Å². The van der Waals surface area contributed by atoms with Crippen molar-refractivity contribution in [3.63, 3.8) is 0 Å². The van der Waals surface area contributed by atoms with Gasteiger partial charge in [-0.2, -0.15) is 0 Å². The second-order valence-electron chi connectivity index (χ2n) is 9.06. The molecule has 1 unspecified atom stereocenters. The van der Waals surface area contributed by atoms with Crippen LogP contribution in [0.3, 0.4) is 0 Å². The molecule has 2 atom stereocenters. The van der Waals surface area contributed by atoms with Crippen LogP contribution in [-0.2, 0) is 20.8 Å². The van der Waals surface area contributed by atoms with Crippen LogP contribution >= 0.6 is 11.3 Å². The van der Waals surface area contributed by atoms with E-state index >= 15 is 0 Å². The summed E-state index contributed by atoms with van der Waals surface area (Å²) in [7, 11) is 0. The summed E-state index contributed by atoms with van der Waals surface area (Å²) in [5.74, 6) is -0.236. The monoisotopic (exact) mass is 551 g/mol. The Morgan fingerprint density at radius 3 is 2.38 bits per heavy atom. The third kappa shape index (κ3) is 9.35. The van der Waals surface area contributed by atoms with Crippen molar-refractivity contribution in [2.45, 2.75) is 45.2 Å². The van der Waals surface area contributed by atoms with Gasteiger partial charge in [0.1, 0.15) is 6.04 Å². The molecule has 1 aliphatic heterocycles. The minimum absolute atomic E-state index is 0.0405. The van der Waals surface area contributed by atoms with Crippen molar-refractivity contribution in [2.75, 3.05) is 13.2 Å². The summed E-state index contributed by atoms with van der Waals surface area (Å²) in [5.41, 5.74) is 14.0. The van der Waals surface area contributed by atoms with Crippen molar-refractivity contribution in [3.05, 3.63) is 81.5 Å². The van der Waals surface area contributed by atoms with Crippen LogP contribution in [0.1, 0.15) is 40.5 Å². The molecule has 2 heterocycles. The number of aryl methyl sites for hydroxylation is 2. The minimum Gasteiger partial charge on any atom is -0.394 e. The molecule has 208 valence electrons. The molecule has 3 amide bonds. The van der Waals surface area contributed by atoms with E-state index in [4.69, 9.17) is 10.2 Å². The van der Waals surface area contributed by atoms with E-state index in [-0.39, 0.29) is 31.3 Å². The minimum atomic E-state index is -0.493. The molecule has 1 saturated heterocycles. The highest BCUT2D eigenvalue weighted by Crippen LogP contribution is 2.25. The van der Waals surface area contributed by atoms with Crippen molar-refractivity contribution >= 4 is 35.9 Å². The van der Waals surface area contributed by atoms with Crippen LogP contribution in [0, 0.1) is 19.3 Å². The van der Waals surface area contributed by atoms with Gasteiger partial charge in [0.05, 0.1) is 25.4 Å². The zero-order valence-corrected chi connectivity index (χ0v) is 23.1. The Labute approximate surface area is 233 Å². The summed E-state index contributed by atoms with van der Waals surface area (Å²) in [5, 5.41) is 20.6. The molecular weight excluding hydrogens is 514 g/mol. The first-order chi connectivity index (χ1) is 18.8. The number of primary amides is 1. The average Bonchev–Trinajstić information content (AvgIpc) is 3.58. The predicted molar refractivity (Wildman–Crippen MR) is 155 cm³/mol. The Hall–Kier alpha value is -4.02. The van der Waals surface area contributed by atoms with Crippen molar-refractivity contribution < 1.29 is 19.5 Å². The van der Waals surface area contributed by atoms with Crippen LogP contribution in [-0.4, -0.2) is 53.8 Å². The number of hydrogen-bond donors (Lipinski definition) is 5. The highest BCUT2D eigenvalue weighted by Gasteiger charge is 2.35. The topological polar surface area (TPSA) is 163 Å². The molecule has 0 saturated carbocycles. The van der Waals surface area contributed by atoms with Gasteiger partial charge in [0.2, 0.25) is 18.2 Å². The number of nitrogens with one attached hydrogen (secondary N) is 2. The first kappa shape index (κ1) is 31.2. The lowest BCUT2D eigenvalue weighted by Gasteiger charge is -2.26. The molecular formula is C29H37N5O4S. The molecule has 0 bridgehead atoms. The number of carbonyl (C=O) groups is 3. The molecule has 1 fully saturated rings. The van der Waals surface area contributed by atoms with E-state index in [1.807, 2.05) is 36.6 Å². The molecule has 9 nitrogen and oxygen atoms in total. The Morgan fingerprint density at radius 2 is 1.79 bits per heavy atom. The largest absolute Gasteiger partial charge is 0.394 e. The molecule has 10 heteroatoms. The van der Waals surface area contributed by atoms with Gasteiger partial charge < -0.3 is 26.8 Å². The van der Waals surface area contributed by atoms with Gasteiger partial charge in [-0.1, -0.05) is 54.1 Å². The van der Waals surface area contributed by atoms with Crippen LogP contribution in [0.5, 0.6) is 0 Å². The van der Waals surface area contributed by atoms with E-state index in [9.17, 15) is 14.7 Å². The van der Waals surface area contributed by atoms with E-state index in [0.29, 0.717) is 13.0 Å². The maximum absolute atomic E-state index is 13.1. The molecule has 1 aliphatic rings. The van der Waals surface area contributed by atoms with Gasteiger partial charge in [-0.3, -0.25) is 19.8 Å². The Kier molecular flexibility index (Phi) is 12.8. The SMILES string of the molecule is Cc1ccc(-c2cccc(CC(=O)N3CCCC3C(=O)N[C@H](CO)c3cc(C)cs3)c2)cc1.N=CN.NC=O. The molecule has 4 rings (SSSR count). The molecule has 3 aromatic rings. The van der Waals surface area contributed by atoms with Gasteiger partial charge in [0, 0.05) is 11.4 Å². The van der Waals surface area contributed by atoms with Gasteiger partial charge >= 0.3 is 0 Å². The molecule has 0 radical (unpaired) electrons. The van der Waals surface area contributed by atoms with E-state index in [2.05, 4.69) is 54.0 Å². The van der Waals surface area contributed by atoms with Crippen molar-refractivity contribution in [3.8, 4) is 11.1 Å². The standard InChI is InChI=1S/C27H30N2O3S.CH4N2.CH3NO/c1-18-8-10-21(11-9-18)22-6-3-5-20(14-22)15-26(31)29-12-4-7-24(29)27(32)28-23(16-30)25-13-19(2)17-33-25;2*2-1-3/h3,5-6,8-11,13-14,17,23-24,30H,4,7,12,15-16H2,1-2H3,(H,28,32);1H,(H3,2,3);1H,(H2,2,3)/t23-,24?;;/m1../s1. The summed E-state index contributed by atoms with van der Waals surface area (Å²) < 4.78 is 0. The highest BCUT2D eigenvalue weighted by molar-refractivity contribution is 7.10. The second-order valence-corrected chi connectivity index (χ2v) is 10.0. The third-order valence-electron chi connectivity index (χ3n) is 6.14. The molecule has 0 spiro atoms. The number of amides is 3. The molecule has 2 aromatic carbocycles. The summed E-state index contributed by atoms with van der Waals surface area (Å²) in [6.07, 6.45) is 2.70. The lowest BCUT2D eigenvalue weighted by Crippen LogP contribution is -2.47. The fraction of sp³-hybridized carbons (Fsp3) is 0.310. The number of thiophene rings is 1. The second kappa shape index (κ2) is 16.1. The van der Waals surface area contributed by atoms with Crippen LogP contribution in [0.15, 0.2) is 60.0 Å². The van der Waals surface area contributed by atoms with Crippen LogP contribution in [0.2, 0.25) is 0 Å². The molecule has 0 aliphatic carbocycles. The van der Waals surface area contributed by atoms with Gasteiger partial charge in [0.25, 0.3) is 0 Å². The lowest BCUT2D eigenvalue weighted by atomic mass is 10.0. The molecule has 7 N–H and O–H groups in total. The van der Waals surface area contributed by atoms with Crippen molar-refractivity contribution in [1.82, 2.24) is 10.2 Å². The molecule has 39 heavy (non-hydrogen) atoms. The fourth-order valence-corrected chi connectivity index (χ4v) is 5.27.